The zero-order chi connectivity index (χ0) is 14.5. The molecule has 104 valence electrons. The van der Waals surface area contributed by atoms with Gasteiger partial charge in [0, 0.05) is 16.7 Å². The number of aliphatic hydroxyl groups excluding tert-OH is 2. The Kier molecular flexibility index (Phi) is 4.49. The number of azide groups is 1. The molecule has 0 aliphatic rings. The van der Waals surface area contributed by atoms with Crippen molar-refractivity contribution in [1.82, 2.24) is 20.0 Å². The maximum absolute atomic E-state index is 9.88. The van der Waals surface area contributed by atoms with Crippen LogP contribution in [0.4, 0.5) is 0 Å². The number of hydrogen-bond acceptors (Lipinski definition) is 6. The van der Waals surface area contributed by atoms with E-state index < -0.39 is 12.2 Å². The van der Waals surface area contributed by atoms with Gasteiger partial charge in [-0.15, -0.1) is 10.2 Å². The fourth-order valence-corrected chi connectivity index (χ4v) is 1.59. The Morgan fingerprint density at radius 1 is 1.40 bits per heavy atom. The van der Waals surface area contributed by atoms with Gasteiger partial charge in [0.15, 0.2) is 11.0 Å². The van der Waals surface area contributed by atoms with Crippen molar-refractivity contribution in [1.29, 1.82) is 0 Å². The van der Waals surface area contributed by atoms with Crippen LogP contribution in [0.3, 0.4) is 0 Å². The summed E-state index contributed by atoms with van der Waals surface area (Å²) >= 11 is 5.63. The van der Waals surface area contributed by atoms with Gasteiger partial charge in [0.2, 0.25) is 0 Å². The van der Waals surface area contributed by atoms with Crippen LogP contribution in [0.5, 0.6) is 0 Å². The maximum Gasteiger partial charge on any atom is 0.175 e. The summed E-state index contributed by atoms with van der Waals surface area (Å²) < 4.78 is 1.38. The lowest BCUT2D eigenvalue weighted by Crippen LogP contribution is -2.20. The number of nitrogens with zero attached hydrogens (tertiary/aromatic N) is 7. The average molecular weight is 296 g/mol. The molecule has 0 spiro atoms. The fraction of sp³-hybridized carbons (Fsp3) is 0.300. The molecule has 0 saturated heterocycles. The van der Waals surface area contributed by atoms with Gasteiger partial charge in [0.05, 0.1) is 18.8 Å². The average Bonchev–Trinajstić information content (AvgIpc) is 2.94. The van der Waals surface area contributed by atoms with E-state index in [0.717, 1.165) is 0 Å². The number of hydrogen-bond donors (Lipinski definition) is 2. The highest BCUT2D eigenvalue weighted by molar-refractivity contribution is 6.29. The Hall–Kier alpha value is -2.19. The Morgan fingerprint density at radius 2 is 2.20 bits per heavy atom. The van der Waals surface area contributed by atoms with Gasteiger partial charge in [0.25, 0.3) is 0 Å². The molecule has 2 aromatic heterocycles. The van der Waals surface area contributed by atoms with Crippen LogP contribution in [-0.2, 0) is 0 Å². The molecule has 0 amide bonds. The van der Waals surface area contributed by atoms with E-state index in [1.54, 1.807) is 12.1 Å². The second kappa shape index (κ2) is 6.31. The zero-order valence-electron chi connectivity index (χ0n) is 10.1. The monoisotopic (exact) mass is 295 g/mol. The Morgan fingerprint density at radius 3 is 2.85 bits per heavy atom. The first-order valence-electron chi connectivity index (χ1n) is 5.53. The van der Waals surface area contributed by atoms with Crippen LogP contribution in [0.15, 0.2) is 29.6 Å². The molecule has 0 saturated carbocycles. The van der Waals surface area contributed by atoms with Crippen molar-refractivity contribution in [2.24, 2.45) is 5.11 Å². The van der Waals surface area contributed by atoms with Crippen LogP contribution in [-0.4, -0.2) is 42.8 Å². The van der Waals surface area contributed by atoms with Crippen LogP contribution >= 0.6 is 11.6 Å². The largest absolute Gasteiger partial charge is 0.390 e. The summed E-state index contributed by atoms with van der Waals surface area (Å²) in [6.07, 6.45) is 0.441. The SMILES string of the molecule is [N-]=[N+]=NCC(O)C(O)c1cnn(-c2ccc(Cl)nn2)c1. The lowest BCUT2D eigenvalue weighted by Gasteiger charge is -2.13. The van der Waals surface area contributed by atoms with Crippen LogP contribution in [0.2, 0.25) is 5.15 Å². The minimum absolute atomic E-state index is 0.233. The summed E-state index contributed by atoms with van der Waals surface area (Å²) in [6, 6.07) is 3.16. The molecule has 0 bridgehead atoms. The molecule has 0 aliphatic carbocycles. The Balaban J connectivity index is 2.15. The van der Waals surface area contributed by atoms with Crippen LogP contribution in [0.25, 0.3) is 16.3 Å². The summed E-state index contributed by atoms with van der Waals surface area (Å²) in [5, 5.41) is 34.4. The van der Waals surface area contributed by atoms with E-state index in [0.29, 0.717) is 11.4 Å². The van der Waals surface area contributed by atoms with Gasteiger partial charge in [-0.05, 0) is 17.7 Å². The predicted molar refractivity (Wildman–Crippen MR) is 69.1 cm³/mol. The normalized spacial score (nSPS) is 13.6. The highest BCUT2D eigenvalue weighted by Gasteiger charge is 2.19. The van der Waals surface area contributed by atoms with Crippen molar-refractivity contribution in [3.05, 3.63) is 45.7 Å². The second-order valence-electron chi connectivity index (χ2n) is 3.86. The van der Waals surface area contributed by atoms with Gasteiger partial charge in [-0.25, -0.2) is 4.68 Å². The number of aliphatic hydroxyl groups is 2. The number of rotatable bonds is 5. The van der Waals surface area contributed by atoms with E-state index in [-0.39, 0.29) is 11.7 Å². The first kappa shape index (κ1) is 14.2. The predicted octanol–water partition coefficient (Wildman–Crippen LogP) is 1.02. The van der Waals surface area contributed by atoms with E-state index in [1.807, 2.05) is 0 Å². The fourth-order valence-electron chi connectivity index (χ4n) is 1.49. The van der Waals surface area contributed by atoms with E-state index in [9.17, 15) is 10.2 Å². The lowest BCUT2D eigenvalue weighted by molar-refractivity contribution is 0.0244. The molecule has 20 heavy (non-hydrogen) atoms. The third-order valence-corrected chi connectivity index (χ3v) is 2.69. The standard InChI is InChI=1S/C10H10ClN7O2/c11-8-1-2-9(16-15-8)18-5-6(3-14-18)10(20)7(19)4-13-17-12/h1-3,5,7,10,19-20H,4H2. The number of halogens is 1. The summed E-state index contributed by atoms with van der Waals surface area (Å²) in [5.41, 5.74) is 8.53. The van der Waals surface area contributed by atoms with Crippen molar-refractivity contribution in [3.63, 3.8) is 0 Å². The zero-order valence-corrected chi connectivity index (χ0v) is 10.8. The van der Waals surface area contributed by atoms with Crippen molar-refractivity contribution in [2.45, 2.75) is 12.2 Å². The first-order chi connectivity index (χ1) is 9.61. The van der Waals surface area contributed by atoms with Crippen LogP contribution in [0, 0.1) is 0 Å². The van der Waals surface area contributed by atoms with Gasteiger partial charge in [-0.2, -0.15) is 5.10 Å². The van der Waals surface area contributed by atoms with Gasteiger partial charge < -0.3 is 10.2 Å². The third-order valence-electron chi connectivity index (χ3n) is 2.49. The minimum atomic E-state index is -1.21. The van der Waals surface area contributed by atoms with Gasteiger partial charge in [0.1, 0.15) is 6.10 Å². The molecule has 9 nitrogen and oxygen atoms in total. The van der Waals surface area contributed by atoms with E-state index in [4.69, 9.17) is 17.1 Å². The van der Waals surface area contributed by atoms with Crippen molar-refractivity contribution in [3.8, 4) is 5.82 Å². The quantitative estimate of drug-likeness (QED) is 0.482. The molecule has 2 unspecified atom stereocenters. The van der Waals surface area contributed by atoms with Crippen LogP contribution < -0.4 is 0 Å². The van der Waals surface area contributed by atoms with Gasteiger partial charge in [-0.1, -0.05) is 16.7 Å². The molecular formula is C10H10ClN7O2. The van der Waals surface area contributed by atoms with E-state index in [2.05, 4.69) is 25.3 Å². The molecule has 0 fully saturated rings. The molecule has 0 aromatic carbocycles. The summed E-state index contributed by atoms with van der Waals surface area (Å²) in [5.74, 6) is 0.414. The highest BCUT2D eigenvalue weighted by Crippen LogP contribution is 2.18. The smallest absolute Gasteiger partial charge is 0.175 e. The summed E-state index contributed by atoms with van der Waals surface area (Å²) in [6.45, 7) is -0.233. The molecule has 2 aromatic rings. The molecule has 2 heterocycles. The topological polar surface area (TPSA) is 133 Å². The maximum atomic E-state index is 9.88. The van der Waals surface area contributed by atoms with Crippen LogP contribution in [0.1, 0.15) is 11.7 Å². The van der Waals surface area contributed by atoms with E-state index >= 15 is 0 Å². The molecule has 2 atom stereocenters. The number of aromatic nitrogens is 4. The Bertz CT molecular complexity index is 623. The first-order valence-corrected chi connectivity index (χ1v) is 5.91. The molecule has 2 rings (SSSR count). The van der Waals surface area contributed by atoms with Gasteiger partial charge in [-0.3, -0.25) is 0 Å². The van der Waals surface area contributed by atoms with Crippen molar-refractivity contribution >= 4 is 11.6 Å². The highest BCUT2D eigenvalue weighted by atomic mass is 35.5. The molecule has 10 heteroatoms. The molecule has 2 N–H and O–H groups in total. The molecule has 0 radical (unpaired) electrons. The van der Waals surface area contributed by atoms with E-state index in [1.165, 1.54) is 17.1 Å². The second-order valence-corrected chi connectivity index (χ2v) is 4.25. The molecule has 0 aliphatic heterocycles. The summed E-state index contributed by atoms with van der Waals surface area (Å²) in [4.78, 5) is 2.52. The minimum Gasteiger partial charge on any atom is -0.390 e. The molecular weight excluding hydrogens is 286 g/mol. The Labute approximate surface area is 118 Å². The van der Waals surface area contributed by atoms with Gasteiger partial charge >= 0.3 is 0 Å². The van der Waals surface area contributed by atoms with Crippen molar-refractivity contribution in [2.75, 3.05) is 6.54 Å². The third kappa shape index (κ3) is 3.22. The summed E-state index contributed by atoms with van der Waals surface area (Å²) in [7, 11) is 0. The lowest BCUT2D eigenvalue weighted by atomic mass is 10.1. The van der Waals surface area contributed by atoms with Crippen molar-refractivity contribution < 1.29 is 10.2 Å².